The standard InChI is InChI=1S/C13H16N2O2S/c1-2-3-10-14-11-6-8-13(9-7-11)18(16,17)15-12-4-5-12/h1,6-9,12,14-15H,3-5,10H2. The smallest absolute Gasteiger partial charge is 0.240 e. The fraction of sp³-hybridized carbons (Fsp3) is 0.385. The van der Waals surface area contributed by atoms with Gasteiger partial charge in [0.05, 0.1) is 4.90 Å². The summed E-state index contributed by atoms with van der Waals surface area (Å²) in [7, 11) is -3.35. The number of sulfonamides is 1. The Labute approximate surface area is 108 Å². The molecule has 2 N–H and O–H groups in total. The molecule has 0 radical (unpaired) electrons. The second-order valence-electron chi connectivity index (χ2n) is 4.30. The molecule has 1 aliphatic carbocycles. The lowest BCUT2D eigenvalue weighted by Gasteiger charge is -2.07. The van der Waals surface area contributed by atoms with Crippen molar-refractivity contribution in [1.29, 1.82) is 0 Å². The first-order valence-corrected chi connectivity index (χ1v) is 7.40. The van der Waals surface area contributed by atoms with Gasteiger partial charge in [0.25, 0.3) is 0 Å². The van der Waals surface area contributed by atoms with E-state index in [1.54, 1.807) is 24.3 Å². The molecule has 0 unspecified atom stereocenters. The Bertz CT molecular complexity index is 539. The van der Waals surface area contributed by atoms with Crippen LogP contribution < -0.4 is 10.0 Å². The molecule has 1 aromatic carbocycles. The highest BCUT2D eigenvalue weighted by Crippen LogP contribution is 2.22. The van der Waals surface area contributed by atoms with Crippen LogP contribution >= 0.6 is 0 Å². The number of anilines is 1. The van der Waals surface area contributed by atoms with Crippen LogP contribution in [0, 0.1) is 12.3 Å². The number of terminal acetylenes is 1. The number of hydrogen-bond acceptors (Lipinski definition) is 3. The first-order valence-electron chi connectivity index (χ1n) is 5.91. The zero-order chi connectivity index (χ0) is 13.0. The zero-order valence-electron chi connectivity index (χ0n) is 10.0. The molecule has 1 aliphatic rings. The normalized spacial score (nSPS) is 15.1. The fourth-order valence-electron chi connectivity index (χ4n) is 1.52. The molecule has 0 atom stereocenters. The zero-order valence-corrected chi connectivity index (χ0v) is 10.8. The van der Waals surface area contributed by atoms with Gasteiger partial charge in [-0.1, -0.05) is 0 Å². The topological polar surface area (TPSA) is 58.2 Å². The molecule has 0 saturated heterocycles. The molecule has 4 nitrogen and oxygen atoms in total. The van der Waals surface area contributed by atoms with E-state index in [9.17, 15) is 8.42 Å². The lowest BCUT2D eigenvalue weighted by Crippen LogP contribution is -2.25. The Hall–Kier alpha value is -1.51. The van der Waals surface area contributed by atoms with Gasteiger partial charge in [0, 0.05) is 24.7 Å². The Morgan fingerprint density at radius 2 is 1.94 bits per heavy atom. The Balaban J connectivity index is 2.00. The fourth-order valence-corrected chi connectivity index (χ4v) is 2.82. The average Bonchev–Trinajstić information content (AvgIpc) is 3.13. The Morgan fingerprint density at radius 1 is 1.28 bits per heavy atom. The second-order valence-corrected chi connectivity index (χ2v) is 6.01. The van der Waals surface area contributed by atoms with Gasteiger partial charge in [0.1, 0.15) is 0 Å². The number of benzene rings is 1. The van der Waals surface area contributed by atoms with Gasteiger partial charge in [-0.15, -0.1) is 12.3 Å². The molecule has 0 bridgehead atoms. The summed E-state index contributed by atoms with van der Waals surface area (Å²) in [6, 6.07) is 6.82. The molecule has 96 valence electrons. The van der Waals surface area contributed by atoms with Crippen LogP contribution in [-0.2, 0) is 10.0 Å². The van der Waals surface area contributed by atoms with Gasteiger partial charge < -0.3 is 5.32 Å². The highest BCUT2D eigenvalue weighted by atomic mass is 32.2. The van der Waals surface area contributed by atoms with Crippen LogP contribution in [0.5, 0.6) is 0 Å². The average molecular weight is 264 g/mol. The second kappa shape index (κ2) is 5.42. The first-order chi connectivity index (χ1) is 8.62. The van der Waals surface area contributed by atoms with Crippen molar-refractivity contribution in [2.24, 2.45) is 0 Å². The molecule has 0 spiro atoms. The van der Waals surface area contributed by atoms with E-state index in [1.807, 2.05) is 0 Å². The van der Waals surface area contributed by atoms with E-state index in [0.717, 1.165) is 18.5 Å². The van der Waals surface area contributed by atoms with Crippen LogP contribution in [-0.4, -0.2) is 21.0 Å². The minimum Gasteiger partial charge on any atom is -0.384 e. The lowest BCUT2D eigenvalue weighted by atomic mass is 10.3. The van der Waals surface area contributed by atoms with Gasteiger partial charge in [-0.3, -0.25) is 0 Å². The van der Waals surface area contributed by atoms with Crippen LogP contribution in [0.3, 0.4) is 0 Å². The summed E-state index contributed by atoms with van der Waals surface area (Å²) in [6.07, 6.45) is 7.66. The van der Waals surface area contributed by atoms with E-state index in [0.29, 0.717) is 17.9 Å². The molecule has 1 fully saturated rings. The highest BCUT2D eigenvalue weighted by molar-refractivity contribution is 7.89. The summed E-state index contributed by atoms with van der Waals surface area (Å²) in [4.78, 5) is 0.303. The lowest BCUT2D eigenvalue weighted by molar-refractivity contribution is 0.581. The molecule has 0 heterocycles. The molecule has 0 aliphatic heterocycles. The molecular formula is C13H16N2O2S. The van der Waals surface area contributed by atoms with Gasteiger partial charge >= 0.3 is 0 Å². The summed E-state index contributed by atoms with van der Waals surface area (Å²) >= 11 is 0. The van der Waals surface area contributed by atoms with Crippen LogP contribution in [0.4, 0.5) is 5.69 Å². The van der Waals surface area contributed by atoms with Crippen LogP contribution in [0.15, 0.2) is 29.2 Å². The highest BCUT2D eigenvalue weighted by Gasteiger charge is 2.27. The van der Waals surface area contributed by atoms with Gasteiger partial charge in [0.15, 0.2) is 0 Å². The minimum atomic E-state index is -3.35. The molecule has 18 heavy (non-hydrogen) atoms. The molecule has 0 amide bonds. The molecule has 2 rings (SSSR count). The molecule has 0 aromatic heterocycles. The van der Waals surface area contributed by atoms with E-state index in [2.05, 4.69) is 16.0 Å². The predicted molar refractivity (Wildman–Crippen MR) is 71.7 cm³/mol. The van der Waals surface area contributed by atoms with E-state index in [4.69, 9.17) is 6.42 Å². The summed E-state index contributed by atoms with van der Waals surface area (Å²) in [5.41, 5.74) is 0.871. The SMILES string of the molecule is C#CCCNc1ccc(S(=O)(=O)NC2CC2)cc1. The largest absolute Gasteiger partial charge is 0.384 e. The molecule has 1 aromatic rings. The van der Waals surface area contributed by atoms with E-state index in [1.165, 1.54) is 0 Å². The van der Waals surface area contributed by atoms with E-state index >= 15 is 0 Å². The van der Waals surface area contributed by atoms with E-state index in [-0.39, 0.29) is 6.04 Å². The first kappa shape index (κ1) is 12.9. The van der Waals surface area contributed by atoms with Crippen molar-refractivity contribution >= 4 is 15.7 Å². The summed E-state index contributed by atoms with van der Waals surface area (Å²) < 4.78 is 26.4. The maximum atomic E-state index is 11.9. The molecular weight excluding hydrogens is 248 g/mol. The predicted octanol–water partition coefficient (Wildman–Crippen LogP) is 1.56. The Morgan fingerprint density at radius 3 is 2.50 bits per heavy atom. The third-order valence-electron chi connectivity index (χ3n) is 2.66. The minimum absolute atomic E-state index is 0.128. The third-order valence-corrected chi connectivity index (χ3v) is 4.20. The van der Waals surface area contributed by atoms with Crippen molar-refractivity contribution in [3.05, 3.63) is 24.3 Å². The maximum Gasteiger partial charge on any atom is 0.240 e. The van der Waals surface area contributed by atoms with Crippen molar-refractivity contribution in [1.82, 2.24) is 4.72 Å². The van der Waals surface area contributed by atoms with Crippen molar-refractivity contribution in [2.45, 2.75) is 30.2 Å². The Kier molecular flexibility index (Phi) is 3.90. The van der Waals surface area contributed by atoms with Crippen molar-refractivity contribution in [3.8, 4) is 12.3 Å². The van der Waals surface area contributed by atoms with E-state index < -0.39 is 10.0 Å². The van der Waals surface area contributed by atoms with Crippen LogP contribution in [0.2, 0.25) is 0 Å². The van der Waals surface area contributed by atoms with Crippen LogP contribution in [0.25, 0.3) is 0 Å². The summed E-state index contributed by atoms with van der Waals surface area (Å²) in [5.74, 6) is 2.53. The third kappa shape index (κ3) is 3.49. The number of nitrogens with one attached hydrogen (secondary N) is 2. The number of hydrogen-bond donors (Lipinski definition) is 2. The van der Waals surface area contributed by atoms with Gasteiger partial charge in [-0.2, -0.15) is 0 Å². The quantitative estimate of drug-likeness (QED) is 0.605. The summed E-state index contributed by atoms with van der Waals surface area (Å²) in [6.45, 7) is 0.683. The van der Waals surface area contributed by atoms with Crippen LogP contribution in [0.1, 0.15) is 19.3 Å². The van der Waals surface area contributed by atoms with Crippen molar-refractivity contribution < 1.29 is 8.42 Å². The van der Waals surface area contributed by atoms with Crippen molar-refractivity contribution in [3.63, 3.8) is 0 Å². The van der Waals surface area contributed by atoms with Gasteiger partial charge in [-0.25, -0.2) is 13.1 Å². The monoisotopic (exact) mass is 264 g/mol. The molecule has 1 saturated carbocycles. The number of rotatable bonds is 6. The maximum absolute atomic E-state index is 11.9. The molecule has 5 heteroatoms. The van der Waals surface area contributed by atoms with Gasteiger partial charge in [0.2, 0.25) is 10.0 Å². The van der Waals surface area contributed by atoms with Crippen molar-refractivity contribution in [2.75, 3.05) is 11.9 Å². The summed E-state index contributed by atoms with van der Waals surface area (Å²) in [5, 5.41) is 3.12. The van der Waals surface area contributed by atoms with Gasteiger partial charge in [-0.05, 0) is 37.1 Å².